The van der Waals surface area contributed by atoms with Crippen LogP contribution in [0.25, 0.3) is 11.1 Å². The monoisotopic (exact) mass is 241 g/mol. The molecule has 3 nitrogen and oxygen atoms in total. The van der Waals surface area contributed by atoms with Crippen LogP contribution in [0.3, 0.4) is 0 Å². The highest BCUT2D eigenvalue weighted by Gasteiger charge is 2.11. The lowest BCUT2D eigenvalue weighted by atomic mass is 10.0. The van der Waals surface area contributed by atoms with Crippen molar-refractivity contribution in [1.82, 2.24) is 0 Å². The van der Waals surface area contributed by atoms with Gasteiger partial charge >= 0.3 is 0 Å². The van der Waals surface area contributed by atoms with Gasteiger partial charge in [0.05, 0.1) is 12.8 Å². The Balaban J connectivity index is 2.56. The number of ether oxygens (including phenoxy) is 1. The van der Waals surface area contributed by atoms with Crippen LogP contribution in [-0.4, -0.2) is 13.0 Å². The molecule has 0 atom stereocenters. The van der Waals surface area contributed by atoms with Gasteiger partial charge in [-0.2, -0.15) is 0 Å². The fraction of sp³-hybridized carbons (Fsp3) is 0.133. The largest absolute Gasteiger partial charge is 0.495 e. The topological polar surface area (TPSA) is 38.3 Å². The fourth-order valence-corrected chi connectivity index (χ4v) is 1.86. The Labute approximate surface area is 106 Å². The van der Waals surface area contributed by atoms with E-state index in [1.165, 1.54) is 6.92 Å². The minimum absolute atomic E-state index is 0.114. The number of carbonyl (C=O) groups is 1. The fourth-order valence-electron chi connectivity index (χ4n) is 1.86. The Hall–Kier alpha value is -2.29. The van der Waals surface area contributed by atoms with Crippen LogP contribution >= 0.6 is 0 Å². The molecule has 0 bridgehead atoms. The Morgan fingerprint density at radius 2 is 1.78 bits per heavy atom. The molecule has 0 unspecified atom stereocenters. The second-order valence-corrected chi connectivity index (χ2v) is 3.93. The van der Waals surface area contributed by atoms with E-state index in [0.717, 1.165) is 11.1 Å². The molecule has 1 N–H and O–H groups in total. The Kier molecular flexibility index (Phi) is 3.63. The van der Waals surface area contributed by atoms with E-state index in [1.807, 2.05) is 48.5 Å². The number of hydrogen-bond acceptors (Lipinski definition) is 2. The van der Waals surface area contributed by atoms with Crippen molar-refractivity contribution in [2.45, 2.75) is 6.92 Å². The van der Waals surface area contributed by atoms with Crippen molar-refractivity contribution in [1.29, 1.82) is 0 Å². The second-order valence-electron chi connectivity index (χ2n) is 3.93. The van der Waals surface area contributed by atoms with Crippen LogP contribution in [0.4, 0.5) is 5.69 Å². The maximum absolute atomic E-state index is 11.3. The van der Waals surface area contributed by atoms with Gasteiger partial charge in [-0.15, -0.1) is 0 Å². The zero-order valence-corrected chi connectivity index (χ0v) is 10.4. The first-order chi connectivity index (χ1) is 8.72. The molecule has 18 heavy (non-hydrogen) atoms. The van der Waals surface area contributed by atoms with Crippen molar-refractivity contribution >= 4 is 11.6 Å². The highest BCUT2D eigenvalue weighted by molar-refractivity contribution is 5.96. The third kappa shape index (κ3) is 2.51. The third-order valence-electron chi connectivity index (χ3n) is 2.63. The van der Waals surface area contributed by atoms with Crippen molar-refractivity contribution < 1.29 is 9.53 Å². The van der Waals surface area contributed by atoms with Gasteiger partial charge in [0.15, 0.2) is 0 Å². The molecule has 92 valence electrons. The summed E-state index contributed by atoms with van der Waals surface area (Å²) in [4.78, 5) is 11.3. The summed E-state index contributed by atoms with van der Waals surface area (Å²) >= 11 is 0. The summed E-state index contributed by atoms with van der Waals surface area (Å²) in [5.74, 6) is 0.545. The maximum Gasteiger partial charge on any atom is 0.221 e. The average molecular weight is 241 g/mol. The number of benzene rings is 2. The maximum atomic E-state index is 11.3. The minimum atomic E-state index is -0.114. The molecule has 0 saturated heterocycles. The van der Waals surface area contributed by atoms with E-state index in [-0.39, 0.29) is 5.91 Å². The number of hydrogen-bond donors (Lipinski definition) is 1. The van der Waals surface area contributed by atoms with Gasteiger partial charge in [-0.05, 0) is 11.6 Å². The molecular weight excluding hydrogens is 226 g/mol. The van der Waals surface area contributed by atoms with Crippen molar-refractivity contribution in [2.24, 2.45) is 0 Å². The summed E-state index contributed by atoms with van der Waals surface area (Å²) in [5.41, 5.74) is 2.70. The zero-order valence-electron chi connectivity index (χ0n) is 10.4. The van der Waals surface area contributed by atoms with Gasteiger partial charge in [0.1, 0.15) is 5.75 Å². The first-order valence-electron chi connectivity index (χ1n) is 5.72. The predicted octanol–water partition coefficient (Wildman–Crippen LogP) is 3.32. The Morgan fingerprint density at radius 3 is 2.39 bits per heavy atom. The number of carbonyl (C=O) groups excluding carboxylic acids is 1. The summed E-state index contributed by atoms with van der Waals surface area (Å²) in [7, 11) is 1.59. The van der Waals surface area contributed by atoms with Crippen LogP contribution in [0, 0.1) is 0 Å². The predicted molar refractivity (Wildman–Crippen MR) is 72.7 cm³/mol. The van der Waals surface area contributed by atoms with E-state index >= 15 is 0 Å². The summed E-state index contributed by atoms with van der Waals surface area (Å²) in [6, 6.07) is 15.6. The van der Waals surface area contributed by atoms with E-state index in [1.54, 1.807) is 7.11 Å². The van der Waals surface area contributed by atoms with Gasteiger partial charge in [0.25, 0.3) is 0 Å². The van der Waals surface area contributed by atoms with E-state index < -0.39 is 0 Å². The van der Waals surface area contributed by atoms with Gasteiger partial charge in [-0.3, -0.25) is 4.79 Å². The number of rotatable bonds is 3. The molecule has 3 heteroatoms. The summed E-state index contributed by atoms with van der Waals surface area (Å²) in [6.45, 7) is 1.49. The standard InChI is InChI=1S/C15H15NO2/c1-11(17)16-15-13(9-6-10-14(15)18-2)12-7-4-3-5-8-12/h3-10H,1-2H3,(H,16,17). The highest BCUT2D eigenvalue weighted by atomic mass is 16.5. The van der Waals surface area contributed by atoms with Crippen LogP contribution in [0.5, 0.6) is 5.75 Å². The molecule has 0 fully saturated rings. The zero-order chi connectivity index (χ0) is 13.0. The van der Waals surface area contributed by atoms with Crippen LogP contribution in [0.15, 0.2) is 48.5 Å². The quantitative estimate of drug-likeness (QED) is 0.895. The van der Waals surface area contributed by atoms with Crippen molar-refractivity contribution in [3.05, 3.63) is 48.5 Å². The van der Waals surface area contributed by atoms with Crippen LogP contribution in [0.1, 0.15) is 6.92 Å². The van der Waals surface area contributed by atoms with E-state index in [4.69, 9.17) is 4.74 Å². The lowest BCUT2D eigenvalue weighted by Gasteiger charge is -2.14. The van der Waals surface area contributed by atoms with Crippen molar-refractivity contribution in [3.63, 3.8) is 0 Å². The van der Waals surface area contributed by atoms with Gasteiger partial charge in [0.2, 0.25) is 5.91 Å². The molecule has 0 spiro atoms. The lowest BCUT2D eigenvalue weighted by molar-refractivity contribution is -0.114. The van der Waals surface area contributed by atoms with Gasteiger partial charge in [-0.25, -0.2) is 0 Å². The molecule has 0 saturated carbocycles. The molecule has 2 aromatic carbocycles. The molecule has 2 aromatic rings. The van der Waals surface area contributed by atoms with Crippen LogP contribution in [-0.2, 0) is 4.79 Å². The molecule has 0 aliphatic rings. The number of methoxy groups -OCH3 is 1. The molecule has 0 heterocycles. The number of nitrogens with one attached hydrogen (secondary N) is 1. The third-order valence-corrected chi connectivity index (χ3v) is 2.63. The van der Waals surface area contributed by atoms with E-state index in [2.05, 4.69) is 5.32 Å². The van der Waals surface area contributed by atoms with E-state index in [9.17, 15) is 4.79 Å². The molecule has 2 rings (SSSR count). The smallest absolute Gasteiger partial charge is 0.221 e. The Bertz CT molecular complexity index is 550. The first kappa shape index (κ1) is 12.2. The molecule has 0 aromatic heterocycles. The lowest BCUT2D eigenvalue weighted by Crippen LogP contribution is -2.08. The average Bonchev–Trinajstić information content (AvgIpc) is 2.39. The number of anilines is 1. The van der Waals surface area contributed by atoms with Crippen LogP contribution < -0.4 is 10.1 Å². The van der Waals surface area contributed by atoms with Gasteiger partial charge < -0.3 is 10.1 Å². The molecule has 0 radical (unpaired) electrons. The molecule has 1 amide bonds. The summed E-state index contributed by atoms with van der Waals surface area (Å²) < 4.78 is 5.29. The number of para-hydroxylation sites is 1. The minimum Gasteiger partial charge on any atom is -0.495 e. The first-order valence-corrected chi connectivity index (χ1v) is 5.72. The normalized spacial score (nSPS) is 9.89. The van der Waals surface area contributed by atoms with Crippen LogP contribution in [0.2, 0.25) is 0 Å². The summed E-state index contributed by atoms with van der Waals surface area (Å²) in [5, 5.41) is 2.83. The second kappa shape index (κ2) is 5.36. The Morgan fingerprint density at radius 1 is 1.06 bits per heavy atom. The van der Waals surface area contributed by atoms with E-state index in [0.29, 0.717) is 11.4 Å². The molecule has 0 aliphatic carbocycles. The summed E-state index contributed by atoms with van der Waals surface area (Å²) in [6.07, 6.45) is 0. The highest BCUT2D eigenvalue weighted by Crippen LogP contribution is 2.35. The SMILES string of the molecule is COc1cccc(-c2ccccc2)c1NC(C)=O. The van der Waals surface area contributed by atoms with Crippen molar-refractivity contribution in [3.8, 4) is 16.9 Å². The van der Waals surface area contributed by atoms with Crippen molar-refractivity contribution in [2.75, 3.05) is 12.4 Å². The molecule has 0 aliphatic heterocycles. The molecular formula is C15H15NO2. The van der Waals surface area contributed by atoms with Gasteiger partial charge in [0, 0.05) is 12.5 Å². The number of amides is 1. The van der Waals surface area contributed by atoms with Gasteiger partial charge in [-0.1, -0.05) is 42.5 Å².